The fourth-order valence-corrected chi connectivity index (χ4v) is 2.16. The van der Waals surface area contributed by atoms with Gasteiger partial charge in [-0.1, -0.05) is 43.9 Å². The lowest BCUT2D eigenvalue weighted by Crippen LogP contribution is -2.29. The van der Waals surface area contributed by atoms with Crippen molar-refractivity contribution in [1.29, 1.82) is 0 Å². The maximum Gasteiger partial charge on any atom is 0.326 e. The van der Waals surface area contributed by atoms with Crippen LogP contribution in [0.2, 0.25) is 0 Å². The highest BCUT2D eigenvalue weighted by atomic mass is 35.5. The quantitative estimate of drug-likeness (QED) is 0.501. The van der Waals surface area contributed by atoms with Crippen LogP contribution in [0, 0.1) is 0 Å². The fraction of sp³-hybridized carbons (Fsp3) is 0.533. The van der Waals surface area contributed by atoms with Crippen molar-refractivity contribution in [1.82, 2.24) is 0 Å². The van der Waals surface area contributed by atoms with Crippen molar-refractivity contribution < 1.29 is 9.90 Å². The zero-order valence-electron chi connectivity index (χ0n) is 11.1. The van der Waals surface area contributed by atoms with E-state index in [1.165, 1.54) is 0 Å². The lowest BCUT2D eigenvalue weighted by Gasteiger charge is -2.15. The van der Waals surface area contributed by atoms with Crippen molar-refractivity contribution in [2.45, 2.75) is 44.6 Å². The fourth-order valence-electron chi connectivity index (χ4n) is 1.97. The SMILES string of the molecule is O=C(O)[C@H](CCCCCCCCl)Nc1ccccc1. The zero-order chi connectivity index (χ0) is 13.9. The van der Waals surface area contributed by atoms with Gasteiger partial charge >= 0.3 is 5.97 Å². The molecule has 2 N–H and O–H groups in total. The predicted octanol–water partition coefficient (Wildman–Crippen LogP) is 4.13. The molecule has 106 valence electrons. The number of carbonyl (C=O) groups is 1. The number of benzene rings is 1. The summed E-state index contributed by atoms with van der Waals surface area (Å²) < 4.78 is 0. The molecule has 1 atom stereocenters. The number of halogens is 1. The predicted molar refractivity (Wildman–Crippen MR) is 79.9 cm³/mol. The van der Waals surface area contributed by atoms with Crippen LogP contribution >= 0.6 is 11.6 Å². The summed E-state index contributed by atoms with van der Waals surface area (Å²) in [4.78, 5) is 11.2. The van der Waals surface area contributed by atoms with E-state index in [1.807, 2.05) is 30.3 Å². The maximum absolute atomic E-state index is 11.2. The first-order valence-electron chi connectivity index (χ1n) is 6.84. The van der Waals surface area contributed by atoms with E-state index in [9.17, 15) is 9.90 Å². The second kappa shape index (κ2) is 9.68. The van der Waals surface area contributed by atoms with Crippen LogP contribution in [0.3, 0.4) is 0 Å². The lowest BCUT2D eigenvalue weighted by atomic mass is 10.1. The van der Waals surface area contributed by atoms with Crippen LogP contribution in [0.15, 0.2) is 30.3 Å². The van der Waals surface area contributed by atoms with Crippen molar-refractivity contribution in [2.24, 2.45) is 0 Å². The Morgan fingerprint density at radius 3 is 2.37 bits per heavy atom. The molecule has 0 aliphatic rings. The number of carboxylic acids is 1. The topological polar surface area (TPSA) is 49.3 Å². The first kappa shape index (κ1) is 15.8. The van der Waals surface area contributed by atoms with Crippen LogP contribution in [0.1, 0.15) is 38.5 Å². The number of hydrogen-bond donors (Lipinski definition) is 2. The summed E-state index contributed by atoms with van der Waals surface area (Å²) in [7, 11) is 0. The van der Waals surface area contributed by atoms with Gasteiger partial charge in [-0.25, -0.2) is 4.79 Å². The Labute approximate surface area is 120 Å². The van der Waals surface area contributed by atoms with Crippen LogP contribution in [0.5, 0.6) is 0 Å². The summed E-state index contributed by atoms with van der Waals surface area (Å²) >= 11 is 5.61. The number of anilines is 1. The van der Waals surface area contributed by atoms with E-state index in [4.69, 9.17) is 11.6 Å². The number of aliphatic carboxylic acids is 1. The molecule has 1 aromatic carbocycles. The van der Waals surface area contributed by atoms with Gasteiger partial charge < -0.3 is 10.4 Å². The van der Waals surface area contributed by atoms with E-state index in [0.717, 1.165) is 37.8 Å². The Morgan fingerprint density at radius 1 is 1.11 bits per heavy atom. The molecule has 4 heteroatoms. The van der Waals surface area contributed by atoms with Crippen LogP contribution < -0.4 is 5.32 Å². The molecule has 0 heterocycles. The smallest absolute Gasteiger partial charge is 0.326 e. The summed E-state index contributed by atoms with van der Waals surface area (Å²) in [5.74, 6) is -0.0718. The number of hydrogen-bond acceptors (Lipinski definition) is 2. The summed E-state index contributed by atoms with van der Waals surface area (Å²) in [6.45, 7) is 0. The third kappa shape index (κ3) is 7.06. The number of unbranched alkanes of at least 4 members (excludes halogenated alkanes) is 4. The standard InChI is InChI=1S/C15H22ClNO2/c16-12-8-3-1-2-7-11-14(15(18)19)17-13-9-5-4-6-10-13/h4-6,9-10,14,17H,1-3,7-8,11-12H2,(H,18,19)/t14-/m0/s1. The van der Waals surface area contributed by atoms with Gasteiger partial charge in [-0.3, -0.25) is 0 Å². The lowest BCUT2D eigenvalue weighted by molar-refractivity contribution is -0.138. The molecule has 0 unspecified atom stereocenters. The van der Waals surface area contributed by atoms with E-state index < -0.39 is 12.0 Å². The Kier molecular flexibility index (Phi) is 8.07. The van der Waals surface area contributed by atoms with E-state index >= 15 is 0 Å². The first-order valence-corrected chi connectivity index (χ1v) is 7.38. The molecule has 0 fully saturated rings. The Bertz CT molecular complexity index is 356. The van der Waals surface area contributed by atoms with E-state index in [2.05, 4.69) is 5.32 Å². The van der Waals surface area contributed by atoms with Crippen molar-refractivity contribution in [3.63, 3.8) is 0 Å². The van der Waals surface area contributed by atoms with Crippen LogP contribution in [-0.2, 0) is 4.79 Å². The van der Waals surface area contributed by atoms with Crippen molar-refractivity contribution >= 4 is 23.3 Å². The Morgan fingerprint density at radius 2 is 1.74 bits per heavy atom. The van der Waals surface area contributed by atoms with Crippen LogP contribution in [0.25, 0.3) is 0 Å². The van der Waals surface area contributed by atoms with Crippen molar-refractivity contribution in [3.8, 4) is 0 Å². The highest BCUT2D eigenvalue weighted by molar-refractivity contribution is 6.17. The molecule has 1 aromatic rings. The van der Waals surface area contributed by atoms with Crippen LogP contribution in [0.4, 0.5) is 5.69 Å². The molecule has 0 aliphatic heterocycles. The molecule has 19 heavy (non-hydrogen) atoms. The van der Waals surface area contributed by atoms with Gasteiger partial charge in [0.15, 0.2) is 0 Å². The molecular weight excluding hydrogens is 262 g/mol. The molecule has 0 spiro atoms. The van der Waals surface area contributed by atoms with E-state index in [-0.39, 0.29) is 0 Å². The highest BCUT2D eigenvalue weighted by Gasteiger charge is 2.16. The average Bonchev–Trinajstić information content (AvgIpc) is 2.42. The number of rotatable bonds is 10. The minimum Gasteiger partial charge on any atom is -0.480 e. The summed E-state index contributed by atoms with van der Waals surface area (Å²) in [5, 5.41) is 12.3. The molecular formula is C15H22ClNO2. The van der Waals surface area contributed by atoms with Gasteiger partial charge in [-0.05, 0) is 25.0 Å². The third-order valence-electron chi connectivity index (χ3n) is 3.04. The molecule has 3 nitrogen and oxygen atoms in total. The monoisotopic (exact) mass is 283 g/mol. The summed E-state index contributed by atoms with van der Waals surface area (Å²) in [6.07, 6.45) is 5.96. The molecule has 0 saturated carbocycles. The molecule has 0 saturated heterocycles. The van der Waals surface area contributed by atoms with Crippen molar-refractivity contribution in [3.05, 3.63) is 30.3 Å². The molecule has 0 bridgehead atoms. The average molecular weight is 284 g/mol. The van der Waals surface area contributed by atoms with Gasteiger partial charge in [0.1, 0.15) is 6.04 Å². The minimum absolute atomic E-state index is 0.504. The second-order valence-electron chi connectivity index (χ2n) is 4.65. The number of nitrogens with one attached hydrogen (secondary N) is 1. The number of carboxylic acid groups (broad SMARTS) is 1. The van der Waals surface area contributed by atoms with Gasteiger partial charge in [0.25, 0.3) is 0 Å². The zero-order valence-corrected chi connectivity index (χ0v) is 11.9. The normalized spacial score (nSPS) is 12.1. The van der Waals surface area contributed by atoms with Gasteiger partial charge in [-0.15, -0.1) is 11.6 Å². The first-order chi connectivity index (χ1) is 9.24. The molecule has 0 aliphatic carbocycles. The Balaban J connectivity index is 2.27. The van der Waals surface area contributed by atoms with Gasteiger partial charge in [-0.2, -0.15) is 0 Å². The van der Waals surface area contributed by atoms with Crippen LogP contribution in [-0.4, -0.2) is 23.0 Å². The summed E-state index contributed by atoms with van der Waals surface area (Å²) in [6, 6.07) is 8.97. The second-order valence-corrected chi connectivity index (χ2v) is 5.02. The van der Waals surface area contributed by atoms with E-state index in [0.29, 0.717) is 12.3 Å². The molecule has 0 radical (unpaired) electrons. The maximum atomic E-state index is 11.2. The van der Waals surface area contributed by atoms with Gasteiger partial charge in [0.05, 0.1) is 0 Å². The van der Waals surface area contributed by atoms with Gasteiger partial charge in [0.2, 0.25) is 0 Å². The minimum atomic E-state index is -0.787. The Hall–Kier alpha value is -1.22. The van der Waals surface area contributed by atoms with E-state index in [1.54, 1.807) is 0 Å². The highest BCUT2D eigenvalue weighted by Crippen LogP contribution is 2.13. The van der Waals surface area contributed by atoms with Gasteiger partial charge in [0, 0.05) is 11.6 Å². The largest absolute Gasteiger partial charge is 0.480 e. The number of para-hydroxylation sites is 1. The molecule has 0 amide bonds. The number of alkyl halides is 1. The summed E-state index contributed by atoms with van der Waals surface area (Å²) in [5.41, 5.74) is 0.858. The third-order valence-corrected chi connectivity index (χ3v) is 3.31. The van der Waals surface area contributed by atoms with Crippen molar-refractivity contribution in [2.75, 3.05) is 11.2 Å². The molecule has 0 aromatic heterocycles. The molecule has 1 rings (SSSR count).